The van der Waals surface area contributed by atoms with Gasteiger partial charge in [0.25, 0.3) is 0 Å². The number of oxime groups is 1. The molecule has 2 saturated heterocycles. The molecular weight excluding hydrogens is 252 g/mol. The highest BCUT2D eigenvalue weighted by Gasteiger charge is 2.29. The summed E-state index contributed by atoms with van der Waals surface area (Å²) < 4.78 is 0. The molecule has 0 aliphatic carbocycles. The quantitative estimate of drug-likeness (QED) is 0.349. The van der Waals surface area contributed by atoms with E-state index >= 15 is 0 Å². The molecular formula is C15H30N4O. The average Bonchev–Trinajstić information content (AvgIpc) is 2.76. The summed E-state index contributed by atoms with van der Waals surface area (Å²) in [7, 11) is 0. The lowest BCUT2D eigenvalue weighted by molar-refractivity contribution is 0.213. The van der Waals surface area contributed by atoms with Crippen LogP contribution >= 0.6 is 0 Å². The van der Waals surface area contributed by atoms with Crippen LogP contribution in [0.5, 0.6) is 0 Å². The molecule has 3 N–H and O–H groups in total. The minimum Gasteiger partial charge on any atom is -0.409 e. The first kappa shape index (κ1) is 15.6. The maximum atomic E-state index is 8.81. The minimum atomic E-state index is -0.208. The zero-order valence-electron chi connectivity index (χ0n) is 13.0. The molecule has 0 aromatic heterocycles. The third-order valence-corrected chi connectivity index (χ3v) is 4.96. The molecule has 0 amide bonds. The first-order valence-corrected chi connectivity index (χ1v) is 7.97. The zero-order chi connectivity index (χ0) is 14.6. The van der Waals surface area contributed by atoms with Gasteiger partial charge in [-0.25, -0.2) is 0 Å². The Hall–Kier alpha value is -0.810. The van der Waals surface area contributed by atoms with E-state index in [2.05, 4.69) is 15.0 Å². The maximum Gasteiger partial charge on any atom is 0.144 e. The number of amidine groups is 1. The average molecular weight is 282 g/mol. The van der Waals surface area contributed by atoms with Gasteiger partial charge in [-0.05, 0) is 58.3 Å². The van der Waals surface area contributed by atoms with Crippen LogP contribution in [-0.4, -0.2) is 59.6 Å². The van der Waals surface area contributed by atoms with Crippen LogP contribution in [0, 0.1) is 5.41 Å². The van der Waals surface area contributed by atoms with Gasteiger partial charge < -0.3 is 15.8 Å². The predicted molar refractivity (Wildman–Crippen MR) is 82.1 cm³/mol. The van der Waals surface area contributed by atoms with E-state index in [1.807, 2.05) is 13.8 Å². The summed E-state index contributed by atoms with van der Waals surface area (Å²) in [5.41, 5.74) is 5.54. The molecule has 5 nitrogen and oxygen atoms in total. The van der Waals surface area contributed by atoms with Gasteiger partial charge in [-0.2, -0.15) is 0 Å². The molecule has 2 aliphatic rings. The molecule has 2 rings (SSSR count). The molecule has 2 aliphatic heterocycles. The molecule has 0 aromatic carbocycles. The van der Waals surface area contributed by atoms with E-state index in [1.165, 1.54) is 45.4 Å². The lowest BCUT2D eigenvalue weighted by atomic mass is 9.86. The molecule has 2 fully saturated rings. The second-order valence-electron chi connectivity index (χ2n) is 6.96. The van der Waals surface area contributed by atoms with Gasteiger partial charge in [0.1, 0.15) is 5.84 Å². The third kappa shape index (κ3) is 3.85. The van der Waals surface area contributed by atoms with Crippen LogP contribution in [0.25, 0.3) is 0 Å². The second kappa shape index (κ2) is 6.76. The SMILES string of the molecule is CC(C)(CCCN1CCCN2CCCC2C1)C(N)=NO. The Kier molecular flexibility index (Phi) is 5.27. The number of hydrogen-bond donors (Lipinski definition) is 2. The topological polar surface area (TPSA) is 65.1 Å². The Bertz CT molecular complexity index is 343. The molecule has 116 valence electrons. The number of nitrogens with zero attached hydrogens (tertiary/aromatic N) is 3. The monoisotopic (exact) mass is 282 g/mol. The molecule has 2 heterocycles. The molecule has 0 saturated carbocycles. The fourth-order valence-corrected chi connectivity index (χ4v) is 3.49. The number of fused-ring (bicyclic) bond motifs is 1. The summed E-state index contributed by atoms with van der Waals surface area (Å²) in [5, 5.41) is 12.0. The molecule has 0 aromatic rings. The minimum absolute atomic E-state index is 0.208. The number of nitrogens with two attached hydrogens (primary N) is 1. The van der Waals surface area contributed by atoms with Crippen LogP contribution in [0.3, 0.4) is 0 Å². The standard InChI is InChI=1S/C15H30N4O/c1-15(2,14(16)17-20)7-4-8-18-9-5-11-19-10-3-6-13(19)12-18/h13,20H,3-12H2,1-2H3,(H2,16,17). The summed E-state index contributed by atoms with van der Waals surface area (Å²) in [4.78, 5) is 5.28. The van der Waals surface area contributed by atoms with E-state index in [1.54, 1.807) is 0 Å². The Morgan fingerprint density at radius 1 is 1.30 bits per heavy atom. The Morgan fingerprint density at radius 2 is 2.05 bits per heavy atom. The highest BCUT2D eigenvalue weighted by molar-refractivity contribution is 5.85. The van der Waals surface area contributed by atoms with Crippen molar-refractivity contribution in [3.8, 4) is 0 Å². The highest BCUT2D eigenvalue weighted by Crippen LogP contribution is 2.24. The van der Waals surface area contributed by atoms with Crippen molar-refractivity contribution in [1.82, 2.24) is 9.80 Å². The fraction of sp³-hybridized carbons (Fsp3) is 0.933. The van der Waals surface area contributed by atoms with E-state index in [4.69, 9.17) is 10.9 Å². The van der Waals surface area contributed by atoms with Crippen LogP contribution < -0.4 is 5.73 Å². The van der Waals surface area contributed by atoms with Crippen LogP contribution in [0.15, 0.2) is 5.16 Å². The van der Waals surface area contributed by atoms with Crippen molar-refractivity contribution in [1.29, 1.82) is 0 Å². The van der Waals surface area contributed by atoms with Crippen molar-refractivity contribution < 1.29 is 5.21 Å². The van der Waals surface area contributed by atoms with Gasteiger partial charge >= 0.3 is 0 Å². The van der Waals surface area contributed by atoms with Crippen LogP contribution in [0.2, 0.25) is 0 Å². The Labute approximate surface area is 122 Å². The Morgan fingerprint density at radius 3 is 2.80 bits per heavy atom. The lowest BCUT2D eigenvalue weighted by Gasteiger charge is -2.27. The third-order valence-electron chi connectivity index (χ3n) is 4.96. The van der Waals surface area contributed by atoms with Gasteiger partial charge in [0.15, 0.2) is 0 Å². The van der Waals surface area contributed by atoms with Gasteiger partial charge in [-0.15, -0.1) is 0 Å². The summed E-state index contributed by atoms with van der Waals surface area (Å²) in [6, 6.07) is 0.787. The number of hydrogen-bond acceptors (Lipinski definition) is 4. The van der Waals surface area contributed by atoms with Gasteiger partial charge in [-0.1, -0.05) is 19.0 Å². The molecule has 0 radical (unpaired) electrons. The molecule has 0 bridgehead atoms. The van der Waals surface area contributed by atoms with Gasteiger partial charge in [0, 0.05) is 18.0 Å². The van der Waals surface area contributed by atoms with Crippen LogP contribution in [0.4, 0.5) is 0 Å². The lowest BCUT2D eigenvalue weighted by Crippen LogP contribution is -2.37. The smallest absolute Gasteiger partial charge is 0.144 e. The number of rotatable bonds is 5. The van der Waals surface area contributed by atoms with Gasteiger partial charge in [-0.3, -0.25) is 4.90 Å². The zero-order valence-corrected chi connectivity index (χ0v) is 13.0. The molecule has 1 unspecified atom stereocenters. The van der Waals surface area contributed by atoms with Crippen molar-refractivity contribution in [3.05, 3.63) is 0 Å². The van der Waals surface area contributed by atoms with Crippen molar-refractivity contribution in [2.75, 3.05) is 32.7 Å². The fourth-order valence-electron chi connectivity index (χ4n) is 3.49. The predicted octanol–water partition coefficient (Wildman–Crippen LogP) is 1.71. The normalized spacial score (nSPS) is 26.5. The van der Waals surface area contributed by atoms with E-state index in [-0.39, 0.29) is 5.41 Å². The first-order valence-electron chi connectivity index (χ1n) is 7.97. The largest absolute Gasteiger partial charge is 0.409 e. The van der Waals surface area contributed by atoms with Crippen LogP contribution in [-0.2, 0) is 0 Å². The van der Waals surface area contributed by atoms with E-state index in [0.717, 1.165) is 25.4 Å². The van der Waals surface area contributed by atoms with E-state index < -0.39 is 0 Å². The van der Waals surface area contributed by atoms with Crippen LogP contribution in [0.1, 0.15) is 46.0 Å². The summed E-state index contributed by atoms with van der Waals surface area (Å²) in [6.07, 6.45) is 6.10. The summed E-state index contributed by atoms with van der Waals surface area (Å²) in [6.45, 7) is 10.2. The van der Waals surface area contributed by atoms with Crippen molar-refractivity contribution in [2.45, 2.75) is 52.0 Å². The molecule has 20 heavy (non-hydrogen) atoms. The Balaban J connectivity index is 1.76. The van der Waals surface area contributed by atoms with Gasteiger partial charge in [0.2, 0.25) is 0 Å². The highest BCUT2D eigenvalue weighted by atomic mass is 16.4. The van der Waals surface area contributed by atoms with Crippen molar-refractivity contribution in [3.63, 3.8) is 0 Å². The molecule has 0 spiro atoms. The van der Waals surface area contributed by atoms with E-state index in [0.29, 0.717) is 5.84 Å². The first-order chi connectivity index (χ1) is 9.53. The summed E-state index contributed by atoms with van der Waals surface area (Å²) in [5.74, 6) is 0.343. The van der Waals surface area contributed by atoms with E-state index in [9.17, 15) is 0 Å². The van der Waals surface area contributed by atoms with Gasteiger partial charge in [0.05, 0.1) is 0 Å². The maximum absolute atomic E-state index is 8.81. The second-order valence-corrected chi connectivity index (χ2v) is 6.96. The molecule has 5 heteroatoms. The summed E-state index contributed by atoms with van der Waals surface area (Å²) >= 11 is 0. The molecule has 1 atom stereocenters. The van der Waals surface area contributed by atoms with Crippen molar-refractivity contribution in [2.24, 2.45) is 16.3 Å². The van der Waals surface area contributed by atoms with Crippen molar-refractivity contribution >= 4 is 5.84 Å².